The van der Waals surface area contributed by atoms with Crippen LogP contribution in [-0.2, 0) is 22.4 Å². The van der Waals surface area contributed by atoms with Crippen molar-refractivity contribution in [3.8, 4) is 0 Å². The first-order chi connectivity index (χ1) is 11.6. The van der Waals surface area contributed by atoms with E-state index >= 15 is 0 Å². The van der Waals surface area contributed by atoms with Crippen LogP contribution in [0, 0.1) is 12.8 Å². The highest BCUT2D eigenvalue weighted by molar-refractivity contribution is 5.21. The van der Waals surface area contributed by atoms with Crippen molar-refractivity contribution in [1.29, 1.82) is 0 Å². The minimum atomic E-state index is -0.556. The summed E-state index contributed by atoms with van der Waals surface area (Å²) in [6.07, 6.45) is 8.68. The monoisotopic (exact) mass is 328 g/mol. The van der Waals surface area contributed by atoms with Crippen LogP contribution in [0.15, 0.2) is 43.0 Å². The molecule has 24 heavy (non-hydrogen) atoms. The van der Waals surface area contributed by atoms with Crippen molar-refractivity contribution in [1.82, 2.24) is 9.55 Å². The van der Waals surface area contributed by atoms with Crippen molar-refractivity contribution in [3.05, 3.63) is 54.1 Å². The molecule has 1 aliphatic rings. The number of aromatic nitrogens is 2. The predicted molar refractivity (Wildman–Crippen MR) is 94.7 cm³/mol. The first-order valence-corrected chi connectivity index (χ1v) is 8.93. The summed E-state index contributed by atoms with van der Waals surface area (Å²) in [7, 11) is 0. The first kappa shape index (κ1) is 17.2. The topological polar surface area (TPSA) is 36.3 Å². The average molecular weight is 328 g/mol. The van der Waals surface area contributed by atoms with Gasteiger partial charge in [-0.15, -0.1) is 0 Å². The van der Waals surface area contributed by atoms with Crippen LogP contribution in [-0.4, -0.2) is 28.0 Å². The highest BCUT2D eigenvalue weighted by Crippen LogP contribution is 2.34. The van der Waals surface area contributed by atoms with Gasteiger partial charge in [-0.3, -0.25) is 0 Å². The molecule has 1 saturated heterocycles. The van der Waals surface area contributed by atoms with Crippen molar-refractivity contribution in [2.24, 2.45) is 5.92 Å². The van der Waals surface area contributed by atoms with Crippen LogP contribution in [0.25, 0.3) is 0 Å². The Morgan fingerprint density at radius 1 is 1.33 bits per heavy atom. The zero-order valence-corrected chi connectivity index (χ0v) is 14.9. The smallest absolute Gasteiger partial charge is 0.187 e. The zero-order chi connectivity index (χ0) is 17.0. The Labute approximate surface area is 144 Å². The Morgan fingerprint density at radius 3 is 2.79 bits per heavy atom. The van der Waals surface area contributed by atoms with E-state index in [4.69, 9.17) is 9.47 Å². The molecular weight excluding hydrogens is 300 g/mol. The molecule has 1 aliphatic heterocycles. The SMILES string of the molecule is CCC(C)C1COC(CCc2ccc(C)cc2)(Cn2ccnc2)O1. The summed E-state index contributed by atoms with van der Waals surface area (Å²) in [5.74, 6) is -0.0475. The molecule has 130 valence electrons. The van der Waals surface area contributed by atoms with Crippen LogP contribution in [0.4, 0.5) is 0 Å². The van der Waals surface area contributed by atoms with E-state index in [2.05, 4.69) is 50.0 Å². The lowest BCUT2D eigenvalue weighted by atomic mass is 10.0. The van der Waals surface area contributed by atoms with E-state index in [0.717, 1.165) is 19.3 Å². The van der Waals surface area contributed by atoms with Gasteiger partial charge in [-0.2, -0.15) is 0 Å². The largest absolute Gasteiger partial charge is 0.345 e. The van der Waals surface area contributed by atoms with Gasteiger partial charge in [0.05, 0.1) is 25.6 Å². The Kier molecular flexibility index (Phi) is 5.36. The van der Waals surface area contributed by atoms with Gasteiger partial charge < -0.3 is 14.0 Å². The summed E-state index contributed by atoms with van der Waals surface area (Å²) in [6.45, 7) is 7.92. The van der Waals surface area contributed by atoms with Gasteiger partial charge in [-0.05, 0) is 24.8 Å². The molecule has 0 radical (unpaired) electrons. The van der Waals surface area contributed by atoms with Crippen LogP contribution in [0.1, 0.15) is 37.8 Å². The van der Waals surface area contributed by atoms with E-state index in [1.807, 2.05) is 17.1 Å². The van der Waals surface area contributed by atoms with Gasteiger partial charge in [0.1, 0.15) is 0 Å². The number of ether oxygens (including phenoxy) is 2. The van der Waals surface area contributed by atoms with Crippen LogP contribution in [0.3, 0.4) is 0 Å². The molecule has 3 rings (SSSR count). The molecule has 0 amide bonds. The Hall–Kier alpha value is -1.65. The fourth-order valence-corrected chi connectivity index (χ4v) is 3.16. The molecule has 0 N–H and O–H groups in total. The molecule has 1 aromatic carbocycles. The molecule has 4 nitrogen and oxygen atoms in total. The van der Waals surface area contributed by atoms with E-state index in [-0.39, 0.29) is 6.10 Å². The second-order valence-electron chi connectivity index (χ2n) is 6.98. The second-order valence-corrected chi connectivity index (χ2v) is 6.98. The number of aryl methyl sites for hydroxylation is 2. The molecule has 3 atom stereocenters. The van der Waals surface area contributed by atoms with Crippen molar-refractivity contribution in [3.63, 3.8) is 0 Å². The molecule has 0 aliphatic carbocycles. The van der Waals surface area contributed by atoms with E-state index in [1.54, 1.807) is 6.20 Å². The number of imidazole rings is 1. The maximum Gasteiger partial charge on any atom is 0.187 e. The quantitative estimate of drug-likeness (QED) is 0.771. The fraction of sp³-hybridized carbons (Fsp3) is 0.550. The third-order valence-electron chi connectivity index (χ3n) is 5.05. The minimum Gasteiger partial charge on any atom is -0.345 e. The Bertz CT molecular complexity index is 624. The molecule has 4 heteroatoms. The number of benzene rings is 1. The zero-order valence-electron chi connectivity index (χ0n) is 14.9. The molecule has 2 aromatic rings. The van der Waals surface area contributed by atoms with Crippen molar-refractivity contribution in [2.45, 2.75) is 58.5 Å². The Balaban J connectivity index is 1.71. The van der Waals surface area contributed by atoms with Gasteiger partial charge in [0.2, 0.25) is 0 Å². The average Bonchev–Trinajstić information content (AvgIpc) is 3.24. The lowest BCUT2D eigenvalue weighted by molar-refractivity contribution is -0.186. The van der Waals surface area contributed by atoms with Crippen molar-refractivity contribution in [2.75, 3.05) is 6.61 Å². The molecule has 3 unspecified atom stereocenters. The van der Waals surface area contributed by atoms with Crippen LogP contribution >= 0.6 is 0 Å². The van der Waals surface area contributed by atoms with Gasteiger partial charge >= 0.3 is 0 Å². The maximum atomic E-state index is 6.45. The molecule has 0 spiro atoms. The van der Waals surface area contributed by atoms with E-state index < -0.39 is 5.79 Å². The first-order valence-electron chi connectivity index (χ1n) is 8.93. The summed E-state index contributed by atoms with van der Waals surface area (Å²) in [5, 5.41) is 0. The third kappa shape index (κ3) is 4.05. The van der Waals surface area contributed by atoms with Gasteiger partial charge in [-0.1, -0.05) is 50.1 Å². The van der Waals surface area contributed by atoms with Crippen molar-refractivity contribution >= 4 is 0 Å². The van der Waals surface area contributed by atoms with Gasteiger partial charge in [0.15, 0.2) is 5.79 Å². The number of nitrogens with zero attached hydrogens (tertiary/aromatic N) is 2. The molecule has 1 aromatic heterocycles. The molecule has 0 saturated carbocycles. The summed E-state index contributed by atoms with van der Waals surface area (Å²) < 4.78 is 14.7. The van der Waals surface area contributed by atoms with Gasteiger partial charge in [0, 0.05) is 18.8 Å². The summed E-state index contributed by atoms with van der Waals surface area (Å²) in [6, 6.07) is 8.72. The molecule has 0 bridgehead atoms. The summed E-state index contributed by atoms with van der Waals surface area (Å²) >= 11 is 0. The highest BCUT2D eigenvalue weighted by atomic mass is 16.7. The summed E-state index contributed by atoms with van der Waals surface area (Å²) in [4.78, 5) is 4.15. The van der Waals surface area contributed by atoms with Crippen molar-refractivity contribution < 1.29 is 9.47 Å². The maximum absolute atomic E-state index is 6.45. The highest BCUT2D eigenvalue weighted by Gasteiger charge is 2.42. The van der Waals surface area contributed by atoms with Crippen LogP contribution in [0.5, 0.6) is 0 Å². The number of hydrogen-bond donors (Lipinski definition) is 0. The lowest BCUT2D eigenvalue weighted by Gasteiger charge is -2.29. The van der Waals surface area contributed by atoms with Crippen LogP contribution < -0.4 is 0 Å². The molecule has 2 heterocycles. The number of hydrogen-bond acceptors (Lipinski definition) is 3. The third-order valence-corrected chi connectivity index (χ3v) is 5.05. The van der Waals surface area contributed by atoms with E-state index in [9.17, 15) is 0 Å². The van der Waals surface area contributed by atoms with Gasteiger partial charge in [-0.25, -0.2) is 4.98 Å². The minimum absolute atomic E-state index is 0.177. The molecular formula is C20H28N2O2. The lowest BCUT2D eigenvalue weighted by Crippen LogP contribution is -2.37. The second kappa shape index (κ2) is 7.49. The predicted octanol–water partition coefficient (Wildman–Crippen LogP) is 3.98. The fourth-order valence-electron chi connectivity index (χ4n) is 3.16. The number of rotatable bonds is 7. The molecule has 1 fully saturated rings. The van der Waals surface area contributed by atoms with E-state index in [1.165, 1.54) is 11.1 Å². The van der Waals surface area contributed by atoms with E-state index in [0.29, 0.717) is 19.1 Å². The van der Waals surface area contributed by atoms with Crippen LogP contribution in [0.2, 0.25) is 0 Å². The summed E-state index contributed by atoms with van der Waals surface area (Å²) in [5.41, 5.74) is 2.61. The van der Waals surface area contributed by atoms with Gasteiger partial charge in [0.25, 0.3) is 0 Å². The standard InChI is InChI=1S/C20H28N2O2/c1-4-17(3)19-13-23-20(24-19,14-22-12-11-21-15-22)10-9-18-7-5-16(2)6-8-18/h5-8,11-12,15,17,19H,4,9-10,13-14H2,1-3H3. The Morgan fingerprint density at radius 2 is 2.12 bits per heavy atom. The normalized spacial score (nSPS) is 25.0.